The normalized spacial score (nSPS) is 20.6. The van der Waals surface area contributed by atoms with Gasteiger partial charge in [-0.2, -0.15) is 5.10 Å². The minimum absolute atomic E-state index is 0.110. The third-order valence-electron chi connectivity index (χ3n) is 7.85. The molecule has 0 spiro atoms. The number of amides is 2. The number of aryl methyl sites for hydroxylation is 2. The Hall–Kier alpha value is -3.41. The lowest BCUT2D eigenvalue weighted by Crippen LogP contribution is -2.65. The van der Waals surface area contributed by atoms with Crippen molar-refractivity contribution < 1.29 is 9.59 Å². The van der Waals surface area contributed by atoms with Gasteiger partial charge in [0.05, 0.1) is 12.2 Å². The zero-order valence-electron chi connectivity index (χ0n) is 21.6. The fraction of sp³-hybridized carbons (Fsp3) is 0.433. The molecule has 6 heteroatoms. The van der Waals surface area contributed by atoms with E-state index >= 15 is 0 Å². The highest BCUT2D eigenvalue weighted by Gasteiger charge is 2.49. The zero-order valence-corrected chi connectivity index (χ0v) is 21.6. The van der Waals surface area contributed by atoms with Crippen molar-refractivity contribution in [2.24, 2.45) is 0 Å². The van der Waals surface area contributed by atoms with Crippen molar-refractivity contribution in [3.8, 4) is 11.3 Å². The molecule has 188 valence electrons. The fourth-order valence-corrected chi connectivity index (χ4v) is 5.59. The molecule has 5 rings (SSSR count). The lowest BCUT2D eigenvalue weighted by Gasteiger charge is -2.44. The van der Waals surface area contributed by atoms with E-state index in [1.165, 1.54) is 18.4 Å². The van der Waals surface area contributed by atoms with Crippen LogP contribution >= 0.6 is 0 Å². The van der Waals surface area contributed by atoms with Crippen molar-refractivity contribution in [3.05, 3.63) is 71.4 Å². The van der Waals surface area contributed by atoms with Gasteiger partial charge in [-0.05, 0) is 56.4 Å². The van der Waals surface area contributed by atoms with Crippen molar-refractivity contribution in [3.63, 3.8) is 0 Å². The van der Waals surface area contributed by atoms with E-state index in [1.54, 1.807) is 9.58 Å². The van der Waals surface area contributed by atoms with E-state index in [0.717, 1.165) is 54.6 Å². The molecule has 1 aliphatic carbocycles. The molecule has 2 amide bonds. The second-order valence-corrected chi connectivity index (χ2v) is 10.5. The van der Waals surface area contributed by atoms with Gasteiger partial charge in [-0.3, -0.25) is 19.2 Å². The van der Waals surface area contributed by atoms with E-state index in [0.29, 0.717) is 12.2 Å². The van der Waals surface area contributed by atoms with Crippen molar-refractivity contribution in [2.75, 3.05) is 4.90 Å². The summed E-state index contributed by atoms with van der Waals surface area (Å²) in [5.41, 5.74) is 4.11. The molecule has 36 heavy (non-hydrogen) atoms. The van der Waals surface area contributed by atoms with Gasteiger partial charge < -0.3 is 5.32 Å². The van der Waals surface area contributed by atoms with Crippen LogP contribution in [0.4, 0.5) is 5.69 Å². The van der Waals surface area contributed by atoms with E-state index < -0.39 is 5.54 Å². The summed E-state index contributed by atoms with van der Waals surface area (Å²) < 4.78 is 1.73. The summed E-state index contributed by atoms with van der Waals surface area (Å²) in [6.07, 6.45) is 7.65. The van der Waals surface area contributed by atoms with Crippen LogP contribution < -0.4 is 10.2 Å². The predicted molar refractivity (Wildman–Crippen MR) is 143 cm³/mol. The van der Waals surface area contributed by atoms with E-state index in [1.807, 2.05) is 44.2 Å². The molecule has 1 saturated carbocycles. The third-order valence-corrected chi connectivity index (χ3v) is 7.85. The number of benzene rings is 2. The highest BCUT2D eigenvalue weighted by molar-refractivity contribution is 6.12. The Bertz CT molecular complexity index is 1250. The number of hydrogen-bond acceptors (Lipinski definition) is 3. The van der Waals surface area contributed by atoms with Gasteiger partial charge >= 0.3 is 0 Å². The molecule has 2 aliphatic rings. The number of nitrogens with one attached hydrogen (secondary N) is 1. The van der Waals surface area contributed by atoms with E-state index in [4.69, 9.17) is 5.10 Å². The molecular weight excluding hydrogens is 448 g/mol. The van der Waals surface area contributed by atoms with Crippen LogP contribution in [0.1, 0.15) is 74.0 Å². The maximum Gasteiger partial charge on any atom is 0.277 e. The molecule has 0 bridgehead atoms. The average Bonchev–Trinajstić information content (AvgIpc) is 3.13. The third kappa shape index (κ3) is 4.45. The Kier molecular flexibility index (Phi) is 6.69. The predicted octanol–water partition coefficient (Wildman–Crippen LogP) is 5.68. The number of nitrogens with zero attached hydrogens (tertiary/aromatic N) is 3. The minimum atomic E-state index is -1.10. The van der Waals surface area contributed by atoms with E-state index in [-0.39, 0.29) is 17.9 Å². The smallest absolute Gasteiger partial charge is 0.277 e. The van der Waals surface area contributed by atoms with Crippen LogP contribution in [0.3, 0.4) is 0 Å². The summed E-state index contributed by atoms with van der Waals surface area (Å²) in [6.45, 7) is 6.29. The van der Waals surface area contributed by atoms with Crippen LogP contribution in [0.15, 0.2) is 54.6 Å². The summed E-state index contributed by atoms with van der Waals surface area (Å²) in [6, 6.07) is 18.1. The summed E-state index contributed by atoms with van der Waals surface area (Å²) >= 11 is 0. The summed E-state index contributed by atoms with van der Waals surface area (Å²) in [4.78, 5) is 29.7. The second-order valence-electron chi connectivity index (χ2n) is 10.5. The Balaban J connectivity index is 1.54. The van der Waals surface area contributed by atoms with Gasteiger partial charge in [0.2, 0.25) is 5.91 Å². The lowest BCUT2D eigenvalue weighted by atomic mass is 9.92. The first-order valence-corrected chi connectivity index (χ1v) is 13.3. The molecule has 1 aliphatic heterocycles. The first-order valence-electron chi connectivity index (χ1n) is 13.3. The number of anilines is 1. The van der Waals surface area contributed by atoms with Crippen LogP contribution in [0, 0.1) is 6.92 Å². The van der Waals surface area contributed by atoms with Gasteiger partial charge in [0.25, 0.3) is 5.91 Å². The monoisotopic (exact) mass is 484 g/mol. The van der Waals surface area contributed by atoms with Gasteiger partial charge in [-0.15, -0.1) is 0 Å². The average molecular weight is 485 g/mol. The fourth-order valence-electron chi connectivity index (χ4n) is 5.59. The van der Waals surface area contributed by atoms with Crippen LogP contribution in [-0.2, 0) is 17.8 Å². The molecule has 1 atom stereocenters. The van der Waals surface area contributed by atoms with Crippen molar-refractivity contribution in [2.45, 2.75) is 83.8 Å². The molecule has 0 radical (unpaired) electrons. The first-order chi connectivity index (χ1) is 17.4. The Morgan fingerprint density at radius 1 is 1.06 bits per heavy atom. The van der Waals surface area contributed by atoms with Crippen LogP contribution in [0.25, 0.3) is 11.3 Å². The summed E-state index contributed by atoms with van der Waals surface area (Å²) in [5.74, 6) is -0.306. The highest BCUT2D eigenvalue weighted by atomic mass is 16.2. The molecular formula is C30H36N4O2. The van der Waals surface area contributed by atoms with Crippen molar-refractivity contribution in [1.82, 2.24) is 15.1 Å². The standard InChI is InChI=1S/C30H36N4O2/c1-4-22-15-17-23(18-16-22)25-19-27-28(35)34(26-14-10-9-11-21(26)2)30(3,20-33(27)32-25)29(36)31-24-12-7-5-6-8-13-24/h9-11,14-19,24H,4-8,12-13,20H2,1-3H3,(H,31,36)/t30-/m0/s1. The van der Waals surface area contributed by atoms with Gasteiger partial charge in [-0.1, -0.05) is 75.1 Å². The molecule has 6 nitrogen and oxygen atoms in total. The number of aromatic nitrogens is 2. The minimum Gasteiger partial charge on any atom is -0.351 e. The summed E-state index contributed by atoms with van der Waals surface area (Å²) in [7, 11) is 0. The van der Waals surface area contributed by atoms with Gasteiger partial charge in [0, 0.05) is 17.3 Å². The molecule has 2 heterocycles. The van der Waals surface area contributed by atoms with Crippen LogP contribution in [-0.4, -0.2) is 33.2 Å². The maximum atomic E-state index is 14.1. The maximum absolute atomic E-state index is 14.1. The first kappa shape index (κ1) is 24.3. The highest BCUT2D eigenvalue weighted by Crippen LogP contribution is 2.36. The van der Waals surface area contributed by atoms with Crippen molar-refractivity contribution >= 4 is 17.5 Å². The molecule has 2 aromatic carbocycles. The molecule has 1 N–H and O–H groups in total. The Morgan fingerprint density at radius 2 is 1.75 bits per heavy atom. The molecule has 3 aromatic rings. The molecule has 1 fully saturated rings. The van der Waals surface area contributed by atoms with Gasteiger partial charge in [0.15, 0.2) is 0 Å². The topological polar surface area (TPSA) is 67.2 Å². The number of hydrogen-bond donors (Lipinski definition) is 1. The van der Waals surface area contributed by atoms with Crippen LogP contribution in [0.5, 0.6) is 0 Å². The van der Waals surface area contributed by atoms with Gasteiger partial charge in [0.1, 0.15) is 11.2 Å². The lowest BCUT2D eigenvalue weighted by molar-refractivity contribution is -0.127. The Labute approximate surface area is 213 Å². The second kappa shape index (κ2) is 9.92. The Morgan fingerprint density at radius 3 is 2.42 bits per heavy atom. The van der Waals surface area contributed by atoms with E-state index in [9.17, 15) is 9.59 Å². The van der Waals surface area contributed by atoms with Crippen molar-refractivity contribution in [1.29, 1.82) is 0 Å². The number of carbonyl (C=O) groups excluding carboxylic acids is 2. The zero-order chi connectivity index (χ0) is 25.3. The number of fused-ring (bicyclic) bond motifs is 1. The number of carbonyl (C=O) groups is 2. The molecule has 1 aromatic heterocycles. The SMILES string of the molecule is CCc1ccc(-c2cc3n(n2)C[C@@](C)(C(=O)NC2CCCCCC2)N(c2ccccc2C)C3=O)cc1. The number of para-hydroxylation sites is 1. The van der Waals surface area contributed by atoms with Crippen LogP contribution in [0.2, 0.25) is 0 Å². The number of rotatable bonds is 5. The summed E-state index contributed by atoms with van der Waals surface area (Å²) in [5, 5.41) is 8.12. The molecule has 0 unspecified atom stereocenters. The van der Waals surface area contributed by atoms with E-state index in [2.05, 4.69) is 36.5 Å². The largest absolute Gasteiger partial charge is 0.351 e. The quantitative estimate of drug-likeness (QED) is 0.474. The molecule has 0 saturated heterocycles. The van der Waals surface area contributed by atoms with Gasteiger partial charge in [-0.25, -0.2) is 0 Å².